The van der Waals surface area contributed by atoms with Crippen molar-refractivity contribution in [2.24, 2.45) is 0 Å². The Morgan fingerprint density at radius 3 is 1.38 bits per heavy atom. The minimum atomic E-state index is 0.770. The molecule has 0 amide bonds. The van der Waals surface area contributed by atoms with E-state index in [0.717, 1.165) is 32.3 Å². The summed E-state index contributed by atoms with van der Waals surface area (Å²) in [5, 5.41) is 4.86. The Morgan fingerprint density at radius 1 is 0.462 bits per heavy atom. The maximum Gasteiger partial charge on any atom is 0.0589 e. The zero-order valence-corrected chi connectivity index (χ0v) is 13.7. The zero-order valence-electron chi connectivity index (χ0n) is 13.7. The highest BCUT2D eigenvalue weighted by atomic mass is 14.6. The maximum atomic E-state index is 4.14. The van der Waals surface area contributed by atoms with Gasteiger partial charge in [0.2, 0.25) is 0 Å². The lowest BCUT2D eigenvalue weighted by Gasteiger charge is -1.86. The third-order valence-corrected chi connectivity index (χ3v) is 3.69. The molecule has 4 aromatic rings. The van der Waals surface area contributed by atoms with Gasteiger partial charge in [0.15, 0.2) is 0 Å². The Kier molecular flexibility index (Phi) is 4.18. The lowest BCUT2D eigenvalue weighted by atomic mass is 10.2. The Morgan fingerprint density at radius 2 is 0.885 bits per heavy atom. The Hall–Kier alpha value is -4.24. The van der Waals surface area contributed by atoms with E-state index in [-0.39, 0.29) is 0 Å². The van der Waals surface area contributed by atoms with Crippen molar-refractivity contribution < 1.29 is 0 Å². The highest BCUT2D eigenvalue weighted by Crippen LogP contribution is 2.08. The first kappa shape index (κ1) is 15.3. The molecule has 0 spiro atoms. The summed E-state index contributed by atoms with van der Waals surface area (Å²) >= 11 is 0. The molecule has 0 aliphatic heterocycles. The molecule has 0 bridgehead atoms. The number of fused-ring (bicyclic) bond motifs is 3. The smallest absolute Gasteiger partial charge is 0.0589 e. The highest BCUT2D eigenvalue weighted by Gasteiger charge is 1.88. The van der Waals surface area contributed by atoms with Crippen molar-refractivity contribution in [2.75, 3.05) is 0 Å². The van der Waals surface area contributed by atoms with Crippen molar-refractivity contribution in [1.82, 2.24) is 9.97 Å². The fourth-order valence-electron chi connectivity index (χ4n) is 2.37. The van der Waals surface area contributed by atoms with Crippen LogP contribution in [0.2, 0.25) is 0 Å². The van der Waals surface area contributed by atoms with Crippen LogP contribution in [0, 0.1) is 48.5 Å². The molecule has 26 heavy (non-hydrogen) atoms. The summed E-state index contributed by atoms with van der Waals surface area (Å²) < 4.78 is 0. The van der Waals surface area contributed by atoms with E-state index in [1.54, 1.807) is 24.8 Å². The van der Waals surface area contributed by atoms with Gasteiger partial charge in [0, 0.05) is 46.3 Å². The van der Waals surface area contributed by atoms with Crippen molar-refractivity contribution in [3.05, 3.63) is 110 Å². The largest absolute Gasteiger partial charge is 0.263 e. The summed E-state index contributed by atoms with van der Waals surface area (Å²) in [6.45, 7) is 0. The Bertz CT molecular complexity index is 1100. The molecule has 2 aromatic carbocycles. The predicted octanol–water partition coefficient (Wildman–Crippen LogP) is 4.59. The lowest BCUT2D eigenvalue weighted by Crippen LogP contribution is -1.69. The Balaban J connectivity index is 2.13. The van der Waals surface area contributed by atoms with E-state index < -0.39 is 0 Å². The molecule has 0 unspecified atom stereocenters. The monoisotopic (exact) mass is 326 g/mol. The zero-order chi connectivity index (χ0) is 17.6. The average molecular weight is 326 g/mol. The van der Waals surface area contributed by atoms with Crippen LogP contribution < -0.4 is 0 Å². The summed E-state index contributed by atoms with van der Waals surface area (Å²) in [6.07, 6.45) is 6.83. The molecule has 2 aromatic heterocycles. The van der Waals surface area contributed by atoms with Gasteiger partial charge in [-0.05, 0) is 36.4 Å². The summed E-state index contributed by atoms with van der Waals surface area (Å²) in [4.78, 5) is 8.29. The van der Waals surface area contributed by atoms with Gasteiger partial charge >= 0.3 is 0 Å². The molecular formula is C24H10N2. The maximum absolute atomic E-state index is 4.14. The van der Waals surface area contributed by atoms with Crippen molar-refractivity contribution in [3.8, 4) is 0 Å². The van der Waals surface area contributed by atoms with Crippen molar-refractivity contribution in [2.45, 2.75) is 0 Å². The molecule has 2 nitrogen and oxygen atoms in total. The third-order valence-electron chi connectivity index (χ3n) is 3.69. The van der Waals surface area contributed by atoms with Crippen molar-refractivity contribution in [1.29, 1.82) is 0 Å². The van der Waals surface area contributed by atoms with Gasteiger partial charge in [-0.25, -0.2) is 0 Å². The van der Waals surface area contributed by atoms with Gasteiger partial charge in [-0.2, -0.15) is 0 Å². The molecule has 4 rings (SSSR count). The first-order chi connectivity index (χ1) is 12.9. The number of hydrogen-bond donors (Lipinski definition) is 0. The first-order valence-electron chi connectivity index (χ1n) is 7.93. The number of rotatable bonds is 0. The number of aromatic nitrogens is 2. The number of benzene rings is 1. The summed E-state index contributed by atoms with van der Waals surface area (Å²) in [5.74, 6) is 0. The fourth-order valence-corrected chi connectivity index (χ4v) is 2.37. The molecular weight excluding hydrogens is 316 g/mol. The standard InChI is InChI=1S/C24H10N2/c1-2-6-20-10-12-24-18-26-16-14-22(24)8-4-3-7-21-13-15-25-17-23(21)11-9-19(20)5-1/h1-2,5-6,13-18H. The van der Waals surface area contributed by atoms with Gasteiger partial charge in [0.25, 0.3) is 0 Å². The summed E-state index contributed by atoms with van der Waals surface area (Å²) in [5.41, 5.74) is 0. The second-order valence-electron chi connectivity index (χ2n) is 5.39. The molecule has 116 valence electrons. The minimum absolute atomic E-state index is 0.770. The van der Waals surface area contributed by atoms with Crippen LogP contribution in [0.5, 0.6) is 0 Å². The second-order valence-corrected chi connectivity index (χ2v) is 5.39. The molecule has 2 heteroatoms. The van der Waals surface area contributed by atoms with E-state index in [9.17, 15) is 0 Å². The van der Waals surface area contributed by atoms with Crippen LogP contribution in [0.3, 0.4) is 0 Å². The topological polar surface area (TPSA) is 25.8 Å². The molecule has 0 radical (unpaired) electrons. The number of nitrogens with zero attached hydrogens (tertiary/aromatic N) is 2. The van der Waals surface area contributed by atoms with E-state index in [1.807, 2.05) is 36.4 Å². The van der Waals surface area contributed by atoms with Crippen LogP contribution >= 0.6 is 0 Å². The molecule has 0 atom stereocenters. The van der Waals surface area contributed by atoms with Gasteiger partial charge in [0.05, 0.1) is 10.8 Å². The van der Waals surface area contributed by atoms with E-state index in [4.69, 9.17) is 0 Å². The average Bonchev–Trinajstić information content (AvgIpc) is 2.69. The van der Waals surface area contributed by atoms with E-state index in [1.165, 1.54) is 0 Å². The summed E-state index contributed by atoms with van der Waals surface area (Å²) in [6, 6.07) is 36.0. The van der Waals surface area contributed by atoms with Crippen LogP contribution in [0.15, 0.2) is 61.2 Å². The van der Waals surface area contributed by atoms with Crippen LogP contribution in [0.1, 0.15) is 0 Å². The van der Waals surface area contributed by atoms with Gasteiger partial charge in [-0.15, -0.1) is 0 Å². The van der Waals surface area contributed by atoms with E-state index in [2.05, 4.69) is 58.5 Å². The van der Waals surface area contributed by atoms with Gasteiger partial charge in [0.1, 0.15) is 0 Å². The van der Waals surface area contributed by atoms with Crippen LogP contribution in [0.4, 0.5) is 0 Å². The highest BCUT2D eigenvalue weighted by molar-refractivity contribution is 5.82. The molecule has 0 N–H and O–H groups in total. The van der Waals surface area contributed by atoms with Crippen molar-refractivity contribution >= 4 is 32.3 Å². The molecule has 0 fully saturated rings. The molecule has 0 aliphatic carbocycles. The fraction of sp³-hybridized carbons (Fsp3) is 0. The number of hydrogen-bond acceptors (Lipinski definition) is 2. The quantitative estimate of drug-likeness (QED) is 0.472. The SMILES string of the molecule is c1c#cc2ccncc2c#cc2ccccc2c#cc2cnccc2c#1. The molecule has 0 aliphatic rings. The van der Waals surface area contributed by atoms with E-state index in [0.29, 0.717) is 0 Å². The van der Waals surface area contributed by atoms with E-state index >= 15 is 0 Å². The predicted molar refractivity (Wildman–Crippen MR) is 100 cm³/mol. The summed E-state index contributed by atoms with van der Waals surface area (Å²) in [7, 11) is 0. The van der Waals surface area contributed by atoms with Crippen LogP contribution in [-0.2, 0) is 0 Å². The first-order valence-corrected chi connectivity index (χ1v) is 7.93. The lowest BCUT2D eigenvalue weighted by molar-refractivity contribution is 1.37. The minimum Gasteiger partial charge on any atom is -0.263 e. The number of pyridine rings is 2. The van der Waals surface area contributed by atoms with Gasteiger partial charge < -0.3 is 0 Å². The molecule has 2 heterocycles. The Labute approximate surface area is 152 Å². The molecule has 0 saturated carbocycles. The van der Waals surface area contributed by atoms with Crippen LogP contribution in [-0.4, -0.2) is 9.97 Å². The van der Waals surface area contributed by atoms with Crippen LogP contribution in [0.25, 0.3) is 32.3 Å². The normalized spacial score (nSPS) is 9.08. The van der Waals surface area contributed by atoms with Gasteiger partial charge in [-0.1, -0.05) is 48.5 Å². The second kappa shape index (κ2) is 7.11. The van der Waals surface area contributed by atoms with Gasteiger partial charge in [-0.3, -0.25) is 9.97 Å². The van der Waals surface area contributed by atoms with Crippen molar-refractivity contribution in [3.63, 3.8) is 0 Å². The molecule has 0 saturated heterocycles. The third kappa shape index (κ3) is 3.32.